The average molecular weight is 195 g/mol. The third-order valence-corrected chi connectivity index (χ3v) is 2.69. The smallest absolute Gasteiger partial charge is 0.253 e. The molecule has 0 spiro atoms. The summed E-state index contributed by atoms with van der Waals surface area (Å²) < 4.78 is 0. The maximum absolute atomic E-state index is 11.5. The Morgan fingerprint density at radius 2 is 2.08 bits per heavy atom. The van der Waals surface area contributed by atoms with Gasteiger partial charge in [0.25, 0.3) is 5.91 Å². The molecule has 0 heterocycles. The molecule has 13 heavy (non-hydrogen) atoms. The van der Waals surface area contributed by atoms with Gasteiger partial charge in [-0.15, -0.1) is 0 Å². The summed E-state index contributed by atoms with van der Waals surface area (Å²) in [6.45, 7) is 2.11. The van der Waals surface area contributed by atoms with Crippen molar-refractivity contribution in [3.8, 4) is 0 Å². The third kappa shape index (κ3) is 2.53. The van der Waals surface area contributed by atoms with Gasteiger partial charge < -0.3 is 4.90 Å². The van der Waals surface area contributed by atoms with Gasteiger partial charge in [-0.1, -0.05) is 20.7 Å². The Morgan fingerprint density at radius 1 is 1.38 bits per heavy atom. The monoisotopic (exact) mass is 195 g/mol. The topological polar surface area (TPSA) is 20.3 Å². The Hall–Kier alpha value is -0.880. The Kier molecular flexibility index (Phi) is 3.44. The zero-order valence-corrected chi connectivity index (χ0v) is 9.16. The van der Waals surface area contributed by atoms with Crippen LogP contribution in [0.25, 0.3) is 0 Å². The third-order valence-electron chi connectivity index (χ3n) is 1.80. The lowest BCUT2D eigenvalue weighted by Gasteiger charge is -2.10. The first-order chi connectivity index (χ1) is 6.15. The fourth-order valence-corrected chi connectivity index (χ4v) is 1.63. The molecule has 0 aliphatic carbocycles. The molecule has 1 rings (SSSR count). The fraction of sp³-hybridized carbons (Fsp3) is 0.300. The van der Waals surface area contributed by atoms with Crippen LogP contribution in [0.15, 0.2) is 24.3 Å². The number of carbonyl (C=O) groups is 1. The minimum absolute atomic E-state index is 0.0695. The molecule has 0 aliphatic heterocycles. The van der Waals surface area contributed by atoms with Gasteiger partial charge >= 0.3 is 0 Å². The summed E-state index contributed by atoms with van der Waals surface area (Å²) >= 11 is 0. The lowest BCUT2D eigenvalue weighted by molar-refractivity contribution is 0.0827. The molecule has 0 aromatic heterocycles. The van der Waals surface area contributed by atoms with Crippen LogP contribution in [0.1, 0.15) is 10.4 Å². The van der Waals surface area contributed by atoms with E-state index in [1.807, 2.05) is 24.3 Å². The van der Waals surface area contributed by atoms with Crippen LogP contribution in [0, 0.1) is 0 Å². The summed E-state index contributed by atoms with van der Waals surface area (Å²) in [5, 5.41) is 1.23. The largest absolute Gasteiger partial charge is 0.345 e. The second kappa shape index (κ2) is 4.38. The van der Waals surface area contributed by atoms with Gasteiger partial charge in [0.2, 0.25) is 0 Å². The van der Waals surface area contributed by atoms with Gasteiger partial charge in [-0.25, -0.2) is 0 Å². The van der Waals surface area contributed by atoms with Crippen molar-refractivity contribution in [2.24, 2.45) is 0 Å². The van der Waals surface area contributed by atoms with E-state index in [4.69, 9.17) is 0 Å². The molecule has 1 aromatic carbocycles. The Balaban J connectivity index is 2.95. The van der Waals surface area contributed by atoms with Crippen LogP contribution < -0.4 is 5.30 Å². The fourth-order valence-electron chi connectivity index (χ4n) is 1.07. The SMILES string of the molecule is CPc1cccc(C(=O)N(C)C)c1. The molecule has 0 bridgehead atoms. The van der Waals surface area contributed by atoms with Crippen molar-refractivity contribution in [2.75, 3.05) is 20.8 Å². The first-order valence-corrected chi connectivity index (χ1v) is 5.64. The van der Waals surface area contributed by atoms with Crippen molar-refractivity contribution in [1.29, 1.82) is 0 Å². The van der Waals surface area contributed by atoms with E-state index in [2.05, 4.69) is 6.66 Å². The quantitative estimate of drug-likeness (QED) is 0.652. The molecule has 1 atom stereocenters. The molecule has 0 radical (unpaired) electrons. The highest BCUT2D eigenvalue weighted by molar-refractivity contribution is 7.46. The predicted molar refractivity (Wildman–Crippen MR) is 58.3 cm³/mol. The van der Waals surface area contributed by atoms with Crippen LogP contribution in [0.3, 0.4) is 0 Å². The first kappa shape index (κ1) is 10.2. The van der Waals surface area contributed by atoms with E-state index in [9.17, 15) is 4.79 Å². The number of hydrogen-bond donors (Lipinski definition) is 0. The van der Waals surface area contributed by atoms with Gasteiger partial charge in [0.1, 0.15) is 0 Å². The van der Waals surface area contributed by atoms with Gasteiger partial charge in [0.15, 0.2) is 0 Å². The standard InChI is InChI=1S/C10H14NOP/c1-11(2)10(12)8-5-4-6-9(7-8)13-3/h4-7,13H,1-3H3. The Labute approximate surface area is 80.7 Å². The summed E-state index contributed by atoms with van der Waals surface area (Å²) in [5.74, 6) is 0.0695. The van der Waals surface area contributed by atoms with Crippen molar-refractivity contribution in [2.45, 2.75) is 0 Å². The molecule has 0 aliphatic rings. The van der Waals surface area contributed by atoms with Gasteiger partial charge in [-0.2, -0.15) is 0 Å². The van der Waals surface area contributed by atoms with E-state index in [1.165, 1.54) is 5.30 Å². The van der Waals surface area contributed by atoms with Crippen molar-refractivity contribution < 1.29 is 4.79 Å². The zero-order chi connectivity index (χ0) is 9.84. The van der Waals surface area contributed by atoms with Gasteiger partial charge in [-0.3, -0.25) is 4.79 Å². The lowest BCUT2D eigenvalue weighted by Crippen LogP contribution is -2.22. The molecule has 70 valence electrons. The normalized spacial score (nSPS) is 10.7. The van der Waals surface area contributed by atoms with Crippen molar-refractivity contribution in [1.82, 2.24) is 4.90 Å². The maximum atomic E-state index is 11.5. The number of hydrogen-bond acceptors (Lipinski definition) is 1. The molecule has 1 amide bonds. The Bertz CT molecular complexity index is 310. The van der Waals surface area contributed by atoms with E-state index < -0.39 is 0 Å². The summed E-state index contributed by atoms with van der Waals surface area (Å²) in [7, 11) is 4.28. The van der Waals surface area contributed by atoms with Gasteiger partial charge in [-0.05, 0) is 24.1 Å². The highest BCUT2D eigenvalue weighted by Crippen LogP contribution is 2.07. The van der Waals surface area contributed by atoms with Crippen LogP contribution in [0.2, 0.25) is 0 Å². The summed E-state index contributed by atoms with van der Waals surface area (Å²) in [6, 6.07) is 7.79. The van der Waals surface area contributed by atoms with Crippen molar-refractivity contribution in [3.05, 3.63) is 29.8 Å². The molecule has 0 saturated heterocycles. The van der Waals surface area contributed by atoms with Crippen LogP contribution in [0.4, 0.5) is 0 Å². The maximum Gasteiger partial charge on any atom is 0.253 e. The number of benzene rings is 1. The highest BCUT2D eigenvalue weighted by atomic mass is 31.1. The summed E-state index contributed by atoms with van der Waals surface area (Å²) in [5.41, 5.74) is 0.775. The molecular formula is C10H14NOP. The van der Waals surface area contributed by atoms with E-state index in [1.54, 1.807) is 19.0 Å². The van der Waals surface area contributed by atoms with E-state index in [0.717, 1.165) is 14.1 Å². The summed E-state index contributed by atoms with van der Waals surface area (Å²) in [6.07, 6.45) is 0. The summed E-state index contributed by atoms with van der Waals surface area (Å²) in [4.78, 5) is 13.1. The molecule has 2 nitrogen and oxygen atoms in total. The average Bonchev–Trinajstić information content (AvgIpc) is 2.16. The number of carbonyl (C=O) groups excluding carboxylic acids is 1. The van der Waals surface area contributed by atoms with E-state index >= 15 is 0 Å². The minimum atomic E-state index is 0.0695. The number of amides is 1. The minimum Gasteiger partial charge on any atom is -0.345 e. The zero-order valence-electron chi connectivity index (χ0n) is 8.16. The first-order valence-electron chi connectivity index (χ1n) is 4.14. The molecule has 0 saturated carbocycles. The Morgan fingerprint density at radius 3 is 2.62 bits per heavy atom. The number of rotatable bonds is 2. The van der Waals surface area contributed by atoms with Crippen molar-refractivity contribution in [3.63, 3.8) is 0 Å². The van der Waals surface area contributed by atoms with Crippen LogP contribution in [-0.2, 0) is 0 Å². The molecule has 1 aromatic rings. The second-order valence-electron chi connectivity index (χ2n) is 3.03. The van der Waals surface area contributed by atoms with E-state index in [0.29, 0.717) is 0 Å². The molecule has 1 unspecified atom stereocenters. The highest BCUT2D eigenvalue weighted by Gasteiger charge is 2.06. The van der Waals surface area contributed by atoms with Crippen LogP contribution in [0.5, 0.6) is 0 Å². The molecule has 0 N–H and O–H groups in total. The van der Waals surface area contributed by atoms with Gasteiger partial charge in [0, 0.05) is 19.7 Å². The van der Waals surface area contributed by atoms with Crippen LogP contribution in [-0.4, -0.2) is 31.6 Å². The predicted octanol–water partition coefficient (Wildman–Crippen LogP) is 1.32. The van der Waals surface area contributed by atoms with E-state index in [-0.39, 0.29) is 5.91 Å². The molecule has 3 heteroatoms. The van der Waals surface area contributed by atoms with Crippen molar-refractivity contribution >= 4 is 19.8 Å². The molecular weight excluding hydrogens is 181 g/mol. The second-order valence-corrected chi connectivity index (χ2v) is 4.11. The van der Waals surface area contributed by atoms with Crippen LogP contribution >= 0.6 is 8.58 Å². The van der Waals surface area contributed by atoms with Gasteiger partial charge in [0.05, 0.1) is 0 Å². The number of nitrogens with zero attached hydrogens (tertiary/aromatic N) is 1. The molecule has 0 fully saturated rings. The lowest BCUT2D eigenvalue weighted by atomic mass is 10.2.